The molecule has 1 aliphatic rings. The van der Waals surface area contributed by atoms with Crippen molar-refractivity contribution in [2.75, 3.05) is 0 Å². The maximum absolute atomic E-state index is 4.40. The van der Waals surface area contributed by atoms with Gasteiger partial charge in [-0.1, -0.05) is 22.0 Å². The fourth-order valence-corrected chi connectivity index (χ4v) is 3.71. The number of rotatable bonds is 2. The van der Waals surface area contributed by atoms with E-state index in [2.05, 4.69) is 48.0 Å². The maximum Gasteiger partial charge on any atom is 0.180 e. The number of nitrogens with one attached hydrogen (secondary N) is 1. The SMILES string of the molecule is Brc1cc(Cc2ncnc3nc[nH]c23)cc2c1CCC2. The van der Waals surface area contributed by atoms with Gasteiger partial charge >= 0.3 is 0 Å². The summed E-state index contributed by atoms with van der Waals surface area (Å²) < 4.78 is 1.23. The number of aromatic nitrogens is 4. The molecule has 0 aliphatic heterocycles. The molecular formula is C15H13BrN4. The number of hydrogen-bond acceptors (Lipinski definition) is 3. The molecule has 0 saturated carbocycles. The molecule has 4 rings (SSSR count). The summed E-state index contributed by atoms with van der Waals surface area (Å²) in [5, 5.41) is 0. The Kier molecular flexibility index (Phi) is 2.80. The molecule has 0 radical (unpaired) electrons. The topological polar surface area (TPSA) is 54.5 Å². The first-order valence-electron chi connectivity index (χ1n) is 6.74. The summed E-state index contributed by atoms with van der Waals surface area (Å²) in [4.78, 5) is 15.9. The molecule has 0 bridgehead atoms. The molecule has 0 saturated heterocycles. The fourth-order valence-electron chi connectivity index (χ4n) is 2.96. The largest absolute Gasteiger partial charge is 0.342 e. The number of nitrogens with zero attached hydrogens (tertiary/aromatic N) is 3. The van der Waals surface area contributed by atoms with Crippen molar-refractivity contribution in [2.45, 2.75) is 25.7 Å². The number of aryl methyl sites for hydroxylation is 1. The zero-order valence-electron chi connectivity index (χ0n) is 10.9. The number of halogens is 1. The number of hydrogen-bond donors (Lipinski definition) is 1. The number of H-pyrrole nitrogens is 1. The van der Waals surface area contributed by atoms with Gasteiger partial charge in [0.25, 0.3) is 0 Å². The molecule has 0 atom stereocenters. The van der Waals surface area contributed by atoms with E-state index in [4.69, 9.17) is 0 Å². The smallest absolute Gasteiger partial charge is 0.180 e. The zero-order valence-corrected chi connectivity index (χ0v) is 12.4. The van der Waals surface area contributed by atoms with Crippen molar-refractivity contribution in [3.63, 3.8) is 0 Å². The van der Waals surface area contributed by atoms with Crippen LogP contribution in [0.15, 0.2) is 29.3 Å². The molecule has 100 valence electrons. The van der Waals surface area contributed by atoms with Crippen molar-refractivity contribution in [2.24, 2.45) is 0 Å². The van der Waals surface area contributed by atoms with Crippen molar-refractivity contribution in [3.8, 4) is 0 Å². The summed E-state index contributed by atoms with van der Waals surface area (Å²) in [5.41, 5.74) is 6.90. The van der Waals surface area contributed by atoms with Crippen LogP contribution >= 0.6 is 15.9 Å². The second kappa shape index (κ2) is 4.66. The Labute approximate surface area is 124 Å². The molecule has 2 heterocycles. The molecule has 1 aromatic carbocycles. The quantitative estimate of drug-likeness (QED) is 0.785. The first kappa shape index (κ1) is 12.0. The fraction of sp³-hybridized carbons (Fsp3) is 0.267. The molecular weight excluding hydrogens is 316 g/mol. The summed E-state index contributed by atoms with van der Waals surface area (Å²) in [5.74, 6) is 0. The van der Waals surface area contributed by atoms with Crippen LogP contribution in [0.25, 0.3) is 11.2 Å². The summed E-state index contributed by atoms with van der Waals surface area (Å²) in [6.07, 6.45) is 7.69. The molecule has 1 N–H and O–H groups in total. The van der Waals surface area contributed by atoms with E-state index in [1.54, 1.807) is 12.7 Å². The lowest BCUT2D eigenvalue weighted by Gasteiger charge is -2.08. The standard InChI is InChI=1S/C15H13BrN4/c16-12-5-9(4-10-2-1-3-11(10)12)6-13-14-15(19-7-17-13)20-8-18-14/h4-5,7-8H,1-3,6H2,(H,17,18,19,20). The van der Waals surface area contributed by atoms with Gasteiger partial charge in [-0.2, -0.15) is 0 Å². The molecule has 5 heteroatoms. The van der Waals surface area contributed by atoms with Crippen LogP contribution < -0.4 is 0 Å². The minimum absolute atomic E-state index is 0.732. The molecule has 0 spiro atoms. The lowest BCUT2D eigenvalue weighted by atomic mass is 10.0. The van der Waals surface area contributed by atoms with E-state index in [1.165, 1.54) is 40.4 Å². The highest BCUT2D eigenvalue weighted by Crippen LogP contribution is 2.31. The first-order chi connectivity index (χ1) is 9.81. The summed E-state index contributed by atoms with van der Waals surface area (Å²) in [6.45, 7) is 0. The lowest BCUT2D eigenvalue weighted by molar-refractivity contribution is 0.910. The third-order valence-electron chi connectivity index (χ3n) is 3.89. The highest BCUT2D eigenvalue weighted by Gasteiger charge is 2.16. The Morgan fingerprint density at radius 2 is 2.10 bits per heavy atom. The van der Waals surface area contributed by atoms with E-state index in [0.29, 0.717) is 0 Å². The third kappa shape index (κ3) is 1.93. The number of fused-ring (bicyclic) bond motifs is 2. The summed E-state index contributed by atoms with van der Waals surface area (Å²) in [7, 11) is 0. The van der Waals surface area contributed by atoms with Gasteiger partial charge in [-0.05, 0) is 42.0 Å². The van der Waals surface area contributed by atoms with Gasteiger partial charge in [0.2, 0.25) is 0 Å². The van der Waals surface area contributed by atoms with E-state index >= 15 is 0 Å². The van der Waals surface area contributed by atoms with Crippen molar-refractivity contribution >= 4 is 27.1 Å². The highest BCUT2D eigenvalue weighted by molar-refractivity contribution is 9.10. The van der Waals surface area contributed by atoms with Gasteiger partial charge in [-0.25, -0.2) is 15.0 Å². The molecule has 0 amide bonds. The van der Waals surface area contributed by atoms with Crippen LogP contribution in [0.3, 0.4) is 0 Å². The van der Waals surface area contributed by atoms with E-state index in [9.17, 15) is 0 Å². The van der Waals surface area contributed by atoms with Crippen LogP contribution in [-0.4, -0.2) is 19.9 Å². The monoisotopic (exact) mass is 328 g/mol. The van der Waals surface area contributed by atoms with Crippen LogP contribution in [0.2, 0.25) is 0 Å². The van der Waals surface area contributed by atoms with Crippen LogP contribution in [-0.2, 0) is 19.3 Å². The van der Waals surface area contributed by atoms with Crippen molar-refractivity contribution in [3.05, 3.63) is 51.6 Å². The predicted molar refractivity (Wildman–Crippen MR) is 80.7 cm³/mol. The van der Waals surface area contributed by atoms with Crippen LogP contribution in [0.5, 0.6) is 0 Å². The van der Waals surface area contributed by atoms with E-state index in [1.807, 2.05) is 0 Å². The molecule has 2 aromatic heterocycles. The lowest BCUT2D eigenvalue weighted by Crippen LogP contribution is -1.97. The number of benzene rings is 1. The Hall–Kier alpha value is -1.75. The van der Waals surface area contributed by atoms with Gasteiger partial charge in [0.1, 0.15) is 11.8 Å². The van der Waals surface area contributed by atoms with Gasteiger partial charge in [0.05, 0.1) is 12.0 Å². The third-order valence-corrected chi connectivity index (χ3v) is 4.60. The molecule has 4 nitrogen and oxygen atoms in total. The van der Waals surface area contributed by atoms with Crippen LogP contribution in [0.4, 0.5) is 0 Å². The van der Waals surface area contributed by atoms with Crippen LogP contribution in [0, 0.1) is 0 Å². The van der Waals surface area contributed by atoms with Crippen molar-refractivity contribution in [1.29, 1.82) is 0 Å². The minimum Gasteiger partial charge on any atom is -0.342 e. The van der Waals surface area contributed by atoms with E-state index in [0.717, 1.165) is 23.3 Å². The number of aromatic amines is 1. The van der Waals surface area contributed by atoms with Gasteiger partial charge in [-0.3, -0.25) is 0 Å². The Morgan fingerprint density at radius 1 is 1.15 bits per heavy atom. The normalized spacial score (nSPS) is 13.8. The maximum atomic E-state index is 4.40. The minimum atomic E-state index is 0.732. The second-order valence-electron chi connectivity index (χ2n) is 5.17. The molecule has 1 aliphatic carbocycles. The van der Waals surface area contributed by atoms with Gasteiger partial charge in [0.15, 0.2) is 5.65 Å². The van der Waals surface area contributed by atoms with Gasteiger partial charge in [-0.15, -0.1) is 0 Å². The van der Waals surface area contributed by atoms with Crippen LogP contribution in [0.1, 0.15) is 28.8 Å². The molecule has 0 unspecified atom stereocenters. The van der Waals surface area contributed by atoms with Gasteiger partial charge in [0, 0.05) is 10.9 Å². The molecule has 20 heavy (non-hydrogen) atoms. The van der Waals surface area contributed by atoms with E-state index < -0.39 is 0 Å². The molecule has 0 fully saturated rings. The second-order valence-corrected chi connectivity index (χ2v) is 6.02. The average Bonchev–Trinajstić information content (AvgIpc) is 3.06. The van der Waals surface area contributed by atoms with E-state index in [-0.39, 0.29) is 0 Å². The van der Waals surface area contributed by atoms with Crippen molar-refractivity contribution < 1.29 is 0 Å². The predicted octanol–water partition coefficient (Wildman–Crippen LogP) is 3.19. The molecule has 3 aromatic rings. The van der Waals surface area contributed by atoms with Gasteiger partial charge < -0.3 is 4.98 Å². The highest BCUT2D eigenvalue weighted by atomic mass is 79.9. The van der Waals surface area contributed by atoms with Crippen molar-refractivity contribution in [1.82, 2.24) is 19.9 Å². The number of imidazole rings is 1. The summed E-state index contributed by atoms with van der Waals surface area (Å²) in [6, 6.07) is 4.53. The average molecular weight is 329 g/mol. The Morgan fingerprint density at radius 3 is 3.05 bits per heavy atom. The Bertz CT molecular complexity index is 794. The Balaban J connectivity index is 1.76. The first-order valence-corrected chi connectivity index (χ1v) is 7.53. The zero-order chi connectivity index (χ0) is 13.5. The summed E-state index contributed by atoms with van der Waals surface area (Å²) >= 11 is 3.70.